The third-order valence-electron chi connectivity index (χ3n) is 6.25. The molecule has 6 nitrogen and oxygen atoms in total. The van der Waals surface area contributed by atoms with Gasteiger partial charge in [-0.3, -0.25) is 0 Å². The molecule has 1 amide bonds. The Hall–Kier alpha value is -2.68. The van der Waals surface area contributed by atoms with E-state index in [0.29, 0.717) is 30.3 Å². The Labute approximate surface area is 191 Å². The number of nitrogens with one attached hydrogen (secondary N) is 1. The van der Waals surface area contributed by atoms with E-state index in [0.717, 1.165) is 38.5 Å². The zero-order valence-electron chi connectivity index (χ0n) is 18.6. The summed E-state index contributed by atoms with van der Waals surface area (Å²) in [7, 11) is 0. The predicted molar refractivity (Wildman–Crippen MR) is 116 cm³/mol. The second-order valence-electron chi connectivity index (χ2n) is 8.64. The van der Waals surface area contributed by atoms with E-state index in [9.17, 15) is 18.0 Å². The number of carbonyl (C=O) groups is 1. The van der Waals surface area contributed by atoms with Gasteiger partial charge in [-0.2, -0.15) is 0 Å². The normalized spacial score (nSPS) is 19.5. The van der Waals surface area contributed by atoms with Gasteiger partial charge in [0.1, 0.15) is 5.75 Å². The van der Waals surface area contributed by atoms with E-state index in [2.05, 4.69) is 10.1 Å². The maximum atomic E-state index is 13.0. The molecule has 0 radical (unpaired) electrons. The number of hydrogen-bond acceptors (Lipinski definition) is 4. The van der Waals surface area contributed by atoms with E-state index < -0.39 is 12.5 Å². The van der Waals surface area contributed by atoms with Crippen LogP contribution in [0.5, 0.6) is 11.5 Å². The highest BCUT2D eigenvalue weighted by Crippen LogP contribution is 2.38. The minimum atomic E-state index is -4.82. The molecular weight excluding hydrogens is 437 g/mol. The van der Waals surface area contributed by atoms with Gasteiger partial charge in [-0.05, 0) is 44.7 Å². The van der Waals surface area contributed by atoms with Gasteiger partial charge in [-0.1, -0.05) is 31.4 Å². The van der Waals surface area contributed by atoms with E-state index in [1.165, 1.54) is 18.6 Å². The summed E-state index contributed by atoms with van der Waals surface area (Å²) in [6, 6.07) is 7.66. The van der Waals surface area contributed by atoms with Crippen LogP contribution in [0.1, 0.15) is 50.6 Å². The van der Waals surface area contributed by atoms with Crippen LogP contribution >= 0.6 is 0 Å². The summed E-state index contributed by atoms with van der Waals surface area (Å²) in [5, 5.41) is 2.91. The molecule has 1 atom stereocenters. The summed E-state index contributed by atoms with van der Waals surface area (Å²) in [5.41, 5.74) is 1.38. The average molecular weight is 467 g/mol. The van der Waals surface area contributed by atoms with Gasteiger partial charge < -0.3 is 24.1 Å². The molecule has 1 aromatic carbocycles. The first-order valence-electron chi connectivity index (χ1n) is 11.5. The number of alkyl halides is 3. The first-order chi connectivity index (χ1) is 15.8. The largest absolute Gasteiger partial charge is 0.573 e. The minimum absolute atomic E-state index is 0.0607. The Morgan fingerprint density at radius 1 is 1.12 bits per heavy atom. The van der Waals surface area contributed by atoms with Gasteiger partial charge in [-0.25, -0.2) is 4.79 Å². The monoisotopic (exact) mass is 466 g/mol. The molecule has 1 aromatic heterocycles. The Bertz CT molecular complexity index is 961. The van der Waals surface area contributed by atoms with Gasteiger partial charge in [0.2, 0.25) is 0 Å². The predicted octanol–water partition coefficient (Wildman–Crippen LogP) is 5.96. The van der Waals surface area contributed by atoms with Crippen molar-refractivity contribution in [1.29, 1.82) is 0 Å². The van der Waals surface area contributed by atoms with Gasteiger partial charge in [0.05, 0.1) is 17.5 Å². The second-order valence-corrected chi connectivity index (χ2v) is 8.64. The molecule has 2 fully saturated rings. The van der Waals surface area contributed by atoms with Crippen molar-refractivity contribution in [2.45, 2.75) is 76.9 Å². The van der Waals surface area contributed by atoms with Crippen molar-refractivity contribution in [3.8, 4) is 22.8 Å². The smallest absolute Gasteiger partial charge is 0.408 e. The maximum Gasteiger partial charge on any atom is 0.573 e. The zero-order chi connectivity index (χ0) is 23.4. The standard InChI is InChI=1S/C24H29F3N2O4/c1-16-22(32-23(30)28-17-8-3-2-4-9-17)14-20(29(16)15-18-10-7-13-31-18)19-11-5-6-12-21(19)33-24(25,26)27/h5-6,11-12,14,17-18H,2-4,7-10,13,15H2,1H3,(H,28,30)/t18-/m1/s1. The van der Waals surface area contributed by atoms with E-state index in [-0.39, 0.29) is 23.5 Å². The number of carbonyl (C=O) groups excluding carboxylic acids is 1. The minimum Gasteiger partial charge on any atom is -0.408 e. The summed E-state index contributed by atoms with van der Waals surface area (Å²) in [4.78, 5) is 12.5. The summed E-state index contributed by atoms with van der Waals surface area (Å²) in [5.74, 6) is -0.00702. The van der Waals surface area contributed by atoms with Gasteiger partial charge in [-0.15, -0.1) is 13.2 Å². The number of benzene rings is 1. The van der Waals surface area contributed by atoms with E-state index in [1.54, 1.807) is 25.1 Å². The van der Waals surface area contributed by atoms with Crippen LogP contribution in [0.25, 0.3) is 11.3 Å². The van der Waals surface area contributed by atoms with E-state index in [4.69, 9.17) is 9.47 Å². The molecule has 180 valence electrons. The molecule has 2 heterocycles. The number of aromatic nitrogens is 1. The molecule has 1 aliphatic heterocycles. The van der Waals surface area contributed by atoms with Crippen LogP contribution in [0.3, 0.4) is 0 Å². The highest BCUT2D eigenvalue weighted by atomic mass is 19.4. The number of hydrogen-bond donors (Lipinski definition) is 1. The van der Waals surface area contributed by atoms with Crippen LogP contribution in [0.15, 0.2) is 30.3 Å². The lowest BCUT2D eigenvalue weighted by Crippen LogP contribution is -2.38. The highest BCUT2D eigenvalue weighted by molar-refractivity contribution is 5.75. The van der Waals surface area contributed by atoms with Crippen LogP contribution < -0.4 is 14.8 Å². The van der Waals surface area contributed by atoms with Crippen molar-refractivity contribution in [3.63, 3.8) is 0 Å². The van der Waals surface area contributed by atoms with Crippen LogP contribution in [-0.2, 0) is 11.3 Å². The van der Waals surface area contributed by atoms with Crippen molar-refractivity contribution >= 4 is 6.09 Å². The molecule has 2 aromatic rings. The molecule has 4 rings (SSSR count). The molecular formula is C24H29F3N2O4. The lowest BCUT2D eigenvalue weighted by molar-refractivity contribution is -0.274. The maximum absolute atomic E-state index is 13.0. The van der Waals surface area contributed by atoms with Gasteiger partial charge >= 0.3 is 12.5 Å². The number of rotatable bonds is 6. The first kappa shape index (κ1) is 23.5. The Balaban J connectivity index is 1.63. The summed E-state index contributed by atoms with van der Waals surface area (Å²) >= 11 is 0. The van der Waals surface area contributed by atoms with Crippen molar-refractivity contribution < 1.29 is 32.2 Å². The highest BCUT2D eigenvalue weighted by Gasteiger charge is 2.33. The number of para-hydroxylation sites is 1. The first-order valence-corrected chi connectivity index (χ1v) is 11.5. The Morgan fingerprint density at radius 3 is 2.58 bits per heavy atom. The number of halogens is 3. The quantitative estimate of drug-likeness (QED) is 0.571. The van der Waals surface area contributed by atoms with Crippen molar-refractivity contribution in [2.75, 3.05) is 6.61 Å². The summed E-state index contributed by atoms with van der Waals surface area (Å²) in [6.45, 7) is 2.88. The molecule has 1 aliphatic carbocycles. The number of nitrogens with zero attached hydrogens (tertiary/aromatic N) is 1. The van der Waals surface area contributed by atoms with E-state index >= 15 is 0 Å². The Kier molecular flexibility index (Phi) is 7.17. The fourth-order valence-electron chi connectivity index (χ4n) is 4.61. The fourth-order valence-corrected chi connectivity index (χ4v) is 4.61. The third-order valence-corrected chi connectivity index (χ3v) is 6.25. The van der Waals surface area contributed by atoms with Crippen molar-refractivity contribution in [1.82, 2.24) is 9.88 Å². The zero-order valence-corrected chi connectivity index (χ0v) is 18.6. The van der Waals surface area contributed by atoms with Gasteiger partial charge in [0.15, 0.2) is 5.75 Å². The Morgan fingerprint density at radius 2 is 1.88 bits per heavy atom. The number of amides is 1. The molecule has 33 heavy (non-hydrogen) atoms. The van der Waals surface area contributed by atoms with Crippen LogP contribution in [0.2, 0.25) is 0 Å². The fraction of sp³-hybridized carbons (Fsp3) is 0.542. The molecule has 0 unspecified atom stereocenters. The van der Waals surface area contributed by atoms with Crippen LogP contribution in [-0.4, -0.2) is 35.8 Å². The van der Waals surface area contributed by atoms with Crippen molar-refractivity contribution in [2.24, 2.45) is 0 Å². The molecule has 0 bridgehead atoms. The van der Waals surface area contributed by atoms with Crippen LogP contribution in [0.4, 0.5) is 18.0 Å². The topological polar surface area (TPSA) is 61.7 Å². The van der Waals surface area contributed by atoms with Gasteiger partial charge in [0.25, 0.3) is 0 Å². The molecule has 1 saturated carbocycles. The molecule has 0 spiro atoms. The molecule has 9 heteroatoms. The SMILES string of the molecule is Cc1c(OC(=O)NC2CCCCC2)cc(-c2ccccc2OC(F)(F)F)n1C[C@H]1CCCO1. The average Bonchev–Trinajstić information content (AvgIpc) is 3.38. The van der Waals surface area contributed by atoms with Crippen LogP contribution in [0, 0.1) is 6.92 Å². The third kappa shape index (κ3) is 6.01. The number of ether oxygens (including phenoxy) is 3. The molecule has 2 aliphatic rings. The van der Waals surface area contributed by atoms with Crippen molar-refractivity contribution in [3.05, 3.63) is 36.0 Å². The molecule has 1 saturated heterocycles. The lowest BCUT2D eigenvalue weighted by atomic mass is 9.96. The molecule has 1 N–H and O–H groups in total. The lowest BCUT2D eigenvalue weighted by Gasteiger charge is -2.22. The van der Waals surface area contributed by atoms with E-state index in [1.807, 2.05) is 4.57 Å². The summed E-state index contributed by atoms with van der Waals surface area (Å²) < 4.78 is 56.5. The van der Waals surface area contributed by atoms with Gasteiger partial charge in [0, 0.05) is 30.8 Å². The second kappa shape index (κ2) is 10.1. The summed E-state index contributed by atoms with van der Waals surface area (Å²) in [6.07, 6.45) is 1.50.